The predicted molar refractivity (Wildman–Crippen MR) is 66.4 cm³/mol. The molecule has 1 aliphatic rings. The SMILES string of the molecule is COc1c(C)cc(C2CNC(=O)C(=O)N2)cc1C. The van der Waals surface area contributed by atoms with Gasteiger partial charge in [-0.3, -0.25) is 9.59 Å². The number of nitrogens with one attached hydrogen (secondary N) is 2. The quantitative estimate of drug-likeness (QED) is 0.753. The van der Waals surface area contributed by atoms with E-state index in [1.807, 2.05) is 26.0 Å². The summed E-state index contributed by atoms with van der Waals surface area (Å²) in [4.78, 5) is 22.4. The van der Waals surface area contributed by atoms with E-state index < -0.39 is 11.8 Å². The molecule has 0 bridgehead atoms. The van der Waals surface area contributed by atoms with Gasteiger partial charge in [0, 0.05) is 6.54 Å². The van der Waals surface area contributed by atoms with Crippen molar-refractivity contribution in [1.29, 1.82) is 0 Å². The number of rotatable bonds is 2. The molecule has 5 nitrogen and oxygen atoms in total. The molecule has 18 heavy (non-hydrogen) atoms. The van der Waals surface area contributed by atoms with Crippen molar-refractivity contribution in [2.24, 2.45) is 0 Å². The number of ether oxygens (including phenoxy) is 1. The lowest BCUT2D eigenvalue weighted by Crippen LogP contribution is -2.51. The van der Waals surface area contributed by atoms with E-state index in [4.69, 9.17) is 4.74 Å². The van der Waals surface area contributed by atoms with Crippen LogP contribution in [0.2, 0.25) is 0 Å². The van der Waals surface area contributed by atoms with E-state index in [2.05, 4.69) is 10.6 Å². The normalized spacial score (nSPS) is 19.2. The lowest BCUT2D eigenvalue weighted by Gasteiger charge is -2.25. The molecule has 1 unspecified atom stereocenters. The minimum atomic E-state index is -0.586. The second-order valence-electron chi connectivity index (χ2n) is 4.42. The van der Waals surface area contributed by atoms with Gasteiger partial charge in [-0.1, -0.05) is 12.1 Å². The fourth-order valence-electron chi connectivity index (χ4n) is 2.26. The summed E-state index contributed by atoms with van der Waals surface area (Å²) in [6, 6.07) is 3.75. The van der Waals surface area contributed by atoms with E-state index in [0.29, 0.717) is 6.54 Å². The molecule has 1 aromatic rings. The van der Waals surface area contributed by atoms with Crippen LogP contribution >= 0.6 is 0 Å². The fourth-order valence-corrected chi connectivity index (χ4v) is 2.26. The van der Waals surface area contributed by atoms with Crippen molar-refractivity contribution in [2.45, 2.75) is 19.9 Å². The van der Waals surface area contributed by atoms with Gasteiger partial charge in [0.05, 0.1) is 13.2 Å². The molecule has 1 aromatic carbocycles. The summed E-state index contributed by atoms with van der Waals surface area (Å²) in [7, 11) is 1.64. The van der Waals surface area contributed by atoms with Crippen LogP contribution in [0.3, 0.4) is 0 Å². The summed E-state index contributed by atoms with van der Waals surface area (Å²) in [6.45, 7) is 4.33. The molecule has 2 amide bonds. The number of aryl methyl sites for hydroxylation is 2. The van der Waals surface area contributed by atoms with Crippen molar-refractivity contribution in [3.63, 3.8) is 0 Å². The Morgan fingerprint density at radius 3 is 2.28 bits per heavy atom. The first-order valence-electron chi connectivity index (χ1n) is 5.76. The lowest BCUT2D eigenvalue weighted by atomic mass is 9.99. The Morgan fingerprint density at radius 2 is 1.78 bits per heavy atom. The van der Waals surface area contributed by atoms with Crippen LogP contribution in [0.1, 0.15) is 22.7 Å². The smallest absolute Gasteiger partial charge is 0.309 e. The minimum absolute atomic E-state index is 0.182. The Labute approximate surface area is 106 Å². The Kier molecular flexibility index (Phi) is 3.23. The number of carbonyl (C=O) groups excluding carboxylic acids is 2. The van der Waals surface area contributed by atoms with Crippen LogP contribution in [0, 0.1) is 13.8 Å². The summed E-state index contributed by atoms with van der Waals surface area (Å²) >= 11 is 0. The third-order valence-electron chi connectivity index (χ3n) is 3.07. The van der Waals surface area contributed by atoms with Crippen molar-refractivity contribution < 1.29 is 14.3 Å². The largest absolute Gasteiger partial charge is 0.496 e. The zero-order chi connectivity index (χ0) is 13.3. The van der Waals surface area contributed by atoms with Gasteiger partial charge in [-0.15, -0.1) is 0 Å². The Bertz CT molecular complexity index is 488. The van der Waals surface area contributed by atoms with E-state index in [1.54, 1.807) is 7.11 Å². The average Bonchev–Trinajstić information content (AvgIpc) is 2.32. The van der Waals surface area contributed by atoms with Crippen LogP contribution in [0.4, 0.5) is 0 Å². The van der Waals surface area contributed by atoms with Crippen molar-refractivity contribution in [1.82, 2.24) is 10.6 Å². The molecule has 1 atom stereocenters. The topological polar surface area (TPSA) is 67.4 Å². The molecule has 0 saturated carbocycles. The number of piperazine rings is 1. The zero-order valence-corrected chi connectivity index (χ0v) is 10.7. The number of hydrogen-bond acceptors (Lipinski definition) is 3. The molecule has 0 aliphatic carbocycles. The van der Waals surface area contributed by atoms with Crippen molar-refractivity contribution in [3.8, 4) is 5.75 Å². The summed E-state index contributed by atoms with van der Waals surface area (Å²) in [5.74, 6) is -0.310. The zero-order valence-electron chi connectivity index (χ0n) is 10.7. The highest BCUT2D eigenvalue weighted by Crippen LogP contribution is 2.27. The molecule has 2 rings (SSSR count). The first-order valence-corrected chi connectivity index (χ1v) is 5.76. The van der Waals surface area contributed by atoms with Crippen molar-refractivity contribution in [2.75, 3.05) is 13.7 Å². The predicted octanol–water partition coefficient (Wildman–Crippen LogP) is 0.599. The number of carbonyl (C=O) groups is 2. The Hall–Kier alpha value is -2.04. The van der Waals surface area contributed by atoms with E-state index in [1.165, 1.54) is 0 Å². The maximum atomic E-state index is 11.3. The first-order chi connectivity index (χ1) is 8.52. The van der Waals surface area contributed by atoms with E-state index >= 15 is 0 Å². The summed E-state index contributed by atoms with van der Waals surface area (Å²) in [5, 5.41) is 5.25. The maximum absolute atomic E-state index is 11.3. The molecule has 5 heteroatoms. The maximum Gasteiger partial charge on any atom is 0.309 e. The van der Waals surface area contributed by atoms with Crippen molar-refractivity contribution >= 4 is 11.8 Å². The van der Waals surface area contributed by atoms with Crippen LogP contribution in [-0.2, 0) is 9.59 Å². The average molecular weight is 248 g/mol. The monoisotopic (exact) mass is 248 g/mol. The number of methoxy groups -OCH3 is 1. The van der Waals surface area contributed by atoms with Crippen LogP contribution < -0.4 is 15.4 Å². The highest BCUT2D eigenvalue weighted by atomic mass is 16.5. The Balaban J connectivity index is 2.29. The molecule has 1 fully saturated rings. The van der Waals surface area contributed by atoms with Gasteiger partial charge in [-0.05, 0) is 30.5 Å². The van der Waals surface area contributed by atoms with Gasteiger partial charge in [0.1, 0.15) is 5.75 Å². The van der Waals surface area contributed by atoms with E-state index in [9.17, 15) is 9.59 Å². The molecular weight excluding hydrogens is 232 g/mol. The van der Waals surface area contributed by atoms with Crippen molar-refractivity contribution in [3.05, 3.63) is 28.8 Å². The van der Waals surface area contributed by atoms with Crippen LogP contribution in [0.15, 0.2) is 12.1 Å². The van der Waals surface area contributed by atoms with Gasteiger partial charge < -0.3 is 15.4 Å². The summed E-state index contributed by atoms with van der Waals surface area (Å²) in [5.41, 5.74) is 3.00. The highest BCUT2D eigenvalue weighted by molar-refractivity contribution is 6.35. The van der Waals surface area contributed by atoms with Crippen LogP contribution in [-0.4, -0.2) is 25.5 Å². The second-order valence-corrected chi connectivity index (χ2v) is 4.42. The molecule has 0 aromatic heterocycles. The first kappa shape index (κ1) is 12.4. The third kappa shape index (κ3) is 2.16. The molecule has 96 valence electrons. The lowest BCUT2D eigenvalue weighted by molar-refractivity contribution is -0.141. The Morgan fingerprint density at radius 1 is 1.17 bits per heavy atom. The second kappa shape index (κ2) is 4.68. The van der Waals surface area contributed by atoms with Gasteiger partial charge >= 0.3 is 11.8 Å². The summed E-state index contributed by atoms with van der Waals surface area (Å²) < 4.78 is 5.30. The third-order valence-corrected chi connectivity index (χ3v) is 3.07. The van der Waals surface area contributed by atoms with Gasteiger partial charge in [0.25, 0.3) is 0 Å². The molecular formula is C13H16N2O3. The number of amides is 2. The molecule has 1 saturated heterocycles. The van der Waals surface area contributed by atoms with Gasteiger partial charge in [0.15, 0.2) is 0 Å². The molecule has 0 radical (unpaired) electrons. The standard InChI is InChI=1S/C13H16N2O3/c1-7-4-9(5-8(2)11(7)18-3)10-6-14-12(16)13(17)15-10/h4-5,10H,6H2,1-3H3,(H,14,16)(H,15,17). The highest BCUT2D eigenvalue weighted by Gasteiger charge is 2.26. The van der Waals surface area contributed by atoms with E-state index in [0.717, 1.165) is 22.4 Å². The molecule has 1 heterocycles. The molecule has 2 N–H and O–H groups in total. The van der Waals surface area contributed by atoms with Gasteiger partial charge in [-0.2, -0.15) is 0 Å². The van der Waals surface area contributed by atoms with E-state index in [-0.39, 0.29) is 6.04 Å². The molecule has 1 aliphatic heterocycles. The van der Waals surface area contributed by atoms with Crippen LogP contribution in [0.5, 0.6) is 5.75 Å². The fraction of sp³-hybridized carbons (Fsp3) is 0.385. The van der Waals surface area contributed by atoms with Gasteiger partial charge in [0.2, 0.25) is 0 Å². The number of benzene rings is 1. The minimum Gasteiger partial charge on any atom is -0.496 e. The summed E-state index contributed by atoms with van der Waals surface area (Å²) in [6.07, 6.45) is 0. The molecule has 0 spiro atoms. The van der Waals surface area contributed by atoms with Crippen LogP contribution in [0.25, 0.3) is 0 Å². The van der Waals surface area contributed by atoms with Gasteiger partial charge in [-0.25, -0.2) is 0 Å². The number of hydrogen-bond donors (Lipinski definition) is 2.